The Morgan fingerprint density at radius 3 is 2.17 bits per heavy atom. The van der Waals surface area contributed by atoms with E-state index in [0.29, 0.717) is 6.42 Å². The van der Waals surface area contributed by atoms with Crippen LogP contribution in [0, 0.1) is 0 Å². The number of hydrogen-bond donors (Lipinski definition) is 2. The Bertz CT molecular complexity index is 662. The van der Waals surface area contributed by atoms with Crippen LogP contribution >= 0.6 is 0 Å². The first-order valence-electron chi connectivity index (χ1n) is 7.88. The number of ether oxygens (including phenoxy) is 1. The van der Waals surface area contributed by atoms with Crippen molar-refractivity contribution in [3.05, 3.63) is 58.2 Å². The van der Waals surface area contributed by atoms with Crippen LogP contribution in [0.1, 0.15) is 37.5 Å². The molecule has 0 heterocycles. The van der Waals surface area contributed by atoms with Gasteiger partial charge >= 0.3 is 5.97 Å². The minimum atomic E-state index is -0.978. The zero-order valence-electron chi connectivity index (χ0n) is 14.8. The lowest BCUT2D eigenvalue weighted by molar-refractivity contribution is -0.131. The van der Waals surface area contributed by atoms with Crippen molar-refractivity contribution in [1.29, 1.82) is 0 Å². The number of aliphatic carboxylic acids is 1. The molecular formula is C20H26O4. The van der Waals surface area contributed by atoms with Gasteiger partial charge in [0.05, 0.1) is 13.7 Å². The van der Waals surface area contributed by atoms with Gasteiger partial charge in [-0.25, -0.2) is 4.79 Å². The molecule has 0 unspecified atom stereocenters. The standard InChI is InChI=1S/C20H26O4/c1-14(2)5-8-17-11-16(7-10-19(22)23)12-18(20(17)24-4)9-6-15(3)13-21/h5-7,10-12,21H,8-9,13H2,1-4H3,(H,22,23)/b10-7+,15-6-. The van der Waals surface area contributed by atoms with Gasteiger partial charge in [-0.15, -0.1) is 0 Å². The Kier molecular flexibility index (Phi) is 7.99. The summed E-state index contributed by atoms with van der Waals surface area (Å²) in [5.41, 5.74) is 4.89. The molecule has 0 radical (unpaired) electrons. The third-order valence-corrected chi connectivity index (χ3v) is 3.54. The number of allylic oxidation sites excluding steroid dienone is 3. The zero-order chi connectivity index (χ0) is 18.1. The van der Waals surface area contributed by atoms with Crippen molar-refractivity contribution in [2.75, 3.05) is 13.7 Å². The van der Waals surface area contributed by atoms with Gasteiger partial charge < -0.3 is 14.9 Å². The van der Waals surface area contributed by atoms with Gasteiger partial charge in [0.15, 0.2) is 0 Å². The monoisotopic (exact) mass is 330 g/mol. The zero-order valence-corrected chi connectivity index (χ0v) is 14.8. The van der Waals surface area contributed by atoms with Gasteiger partial charge in [0.1, 0.15) is 5.75 Å². The second kappa shape index (κ2) is 9.73. The highest BCUT2D eigenvalue weighted by molar-refractivity contribution is 5.85. The molecule has 0 aliphatic carbocycles. The fourth-order valence-electron chi connectivity index (χ4n) is 2.27. The maximum atomic E-state index is 10.8. The summed E-state index contributed by atoms with van der Waals surface area (Å²) in [5, 5.41) is 18.0. The van der Waals surface area contributed by atoms with Crippen molar-refractivity contribution in [2.45, 2.75) is 33.6 Å². The predicted molar refractivity (Wildman–Crippen MR) is 97.3 cm³/mol. The van der Waals surface area contributed by atoms with E-state index in [4.69, 9.17) is 14.9 Å². The van der Waals surface area contributed by atoms with Gasteiger partial charge in [-0.2, -0.15) is 0 Å². The molecular weight excluding hydrogens is 304 g/mol. The highest BCUT2D eigenvalue weighted by Gasteiger charge is 2.10. The number of carboxylic acids is 1. The number of carboxylic acid groups (broad SMARTS) is 1. The number of hydrogen-bond acceptors (Lipinski definition) is 3. The van der Waals surface area contributed by atoms with Crippen LogP contribution in [0.3, 0.4) is 0 Å². The molecule has 0 aromatic heterocycles. The van der Waals surface area contributed by atoms with Crippen LogP contribution in [0.5, 0.6) is 5.75 Å². The first-order chi connectivity index (χ1) is 11.4. The minimum Gasteiger partial charge on any atom is -0.496 e. The van der Waals surface area contributed by atoms with Crippen molar-refractivity contribution in [2.24, 2.45) is 0 Å². The van der Waals surface area contributed by atoms with Gasteiger partial charge in [-0.1, -0.05) is 23.3 Å². The maximum absolute atomic E-state index is 10.8. The van der Waals surface area contributed by atoms with Crippen molar-refractivity contribution in [1.82, 2.24) is 0 Å². The summed E-state index contributed by atoms with van der Waals surface area (Å²) >= 11 is 0. The second-order valence-corrected chi connectivity index (χ2v) is 5.94. The van der Waals surface area contributed by atoms with Gasteiger partial charge in [0.2, 0.25) is 0 Å². The van der Waals surface area contributed by atoms with Gasteiger partial charge in [-0.3, -0.25) is 0 Å². The number of benzene rings is 1. The van der Waals surface area contributed by atoms with Crippen LogP contribution in [-0.4, -0.2) is 29.9 Å². The van der Waals surface area contributed by atoms with Crippen LogP contribution in [0.25, 0.3) is 6.08 Å². The Hall–Kier alpha value is -2.33. The topological polar surface area (TPSA) is 66.8 Å². The molecule has 0 bridgehead atoms. The lowest BCUT2D eigenvalue weighted by Gasteiger charge is -2.14. The summed E-state index contributed by atoms with van der Waals surface area (Å²) in [5.74, 6) is -0.170. The van der Waals surface area contributed by atoms with Crippen molar-refractivity contribution < 1.29 is 19.7 Å². The maximum Gasteiger partial charge on any atom is 0.328 e. The first kappa shape index (κ1) is 19.7. The molecule has 0 spiro atoms. The van der Waals surface area contributed by atoms with Gasteiger partial charge in [0, 0.05) is 6.08 Å². The number of aliphatic hydroxyl groups is 1. The molecule has 0 amide bonds. The molecule has 2 N–H and O–H groups in total. The van der Waals surface area contributed by atoms with Crippen LogP contribution in [0.2, 0.25) is 0 Å². The first-order valence-corrected chi connectivity index (χ1v) is 7.88. The molecule has 0 aliphatic heterocycles. The largest absolute Gasteiger partial charge is 0.496 e. The summed E-state index contributed by atoms with van der Waals surface area (Å²) < 4.78 is 5.59. The molecule has 0 fully saturated rings. The Morgan fingerprint density at radius 2 is 1.71 bits per heavy atom. The molecule has 4 heteroatoms. The van der Waals surface area contributed by atoms with Gasteiger partial charge in [-0.05, 0) is 68.5 Å². The summed E-state index contributed by atoms with van der Waals surface area (Å²) in [4.78, 5) is 10.8. The van der Waals surface area contributed by atoms with Crippen molar-refractivity contribution >= 4 is 12.0 Å². The number of aliphatic hydroxyl groups excluding tert-OH is 1. The molecule has 0 atom stereocenters. The molecule has 130 valence electrons. The smallest absolute Gasteiger partial charge is 0.328 e. The van der Waals surface area contributed by atoms with E-state index in [1.165, 1.54) is 5.57 Å². The number of methoxy groups -OCH3 is 1. The van der Waals surface area contributed by atoms with Crippen LogP contribution < -0.4 is 4.74 Å². The summed E-state index contributed by atoms with van der Waals surface area (Å²) in [7, 11) is 1.64. The summed E-state index contributed by atoms with van der Waals surface area (Å²) in [6.07, 6.45) is 8.11. The fourth-order valence-corrected chi connectivity index (χ4v) is 2.27. The van der Waals surface area contributed by atoms with E-state index in [9.17, 15) is 4.79 Å². The third kappa shape index (κ3) is 6.42. The van der Waals surface area contributed by atoms with Crippen LogP contribution in [0.15, 0.2) is 41.5 Å². The van der Waals surface area contributed by atoms with E-state index >= 15 is 0 Å². The highest BCUT2D eigenvalue weighted by atomic mass is 16.5. The third-order valence-electron chi connectivity index (χ3n) is 3.54. The Balaban J connectivity index is 3.35. The van der Waals surface area contributed by atoms with E-state index in [0.717, 1.165) is 40.5 Å². The normalized spacial score (nSPS) is 11.6. The highest BCUT2D eigenvalue weighted by Crippen LogP contribution is 2.28. The summed E-state index contributed by atoms with van der Waals surface area (Å²) in [6, 6.07) is 3.87. The van der Waals surface area contributed by atoms with E-state index in [1.807, 2.05) is 39.0 Å². The van der Waals surface area contributed by atoms with Crippen molar-refractivity contribution in [3.63, 3.8) is 0 Å². The Morgan fingerprint density at radius 1 is 1.12 bits per heavy atom. The Labute approximate surface area is 143 Å². The average molecular weight is 330 g/mol. The molecule has 1 aromatic carbocycles. The van der Waals surface area contributed by atoms with E-state index < -0.39 is 5.97 Å². The van der Waals surface area contributed by atoms with Gasteiger partial charge in [0.25, 0.3) is 0 Å². The van der Waals surface area contributed by atoms with E-state index in [1.54, 1.807) is 13.2 Å². The SMILES string of the molecule is COc1c(CC=C(C)C)cc(/C=C/C(=O)O)cc1C/C=C(/C)CO. The molecule has 0 saturated heterocycles. The fraction of sp³-hybridized carbons (Fsp3) is 0.350. The summed E-state index contributed by atoms with van der Waals surface area (Å²) in [6.45, 7) is 5.96. The number of rotatable bonds is 8. The van der Waals surface area contributed by atoms with Crippen LogP contribution in [0.4, 0.5) is 0 Å². The number of carbonyl (C=O) groups is 1. The van der Waals surface area contributed by atoms with Crippen LogP contribution in [-0.2, 0) is 17.6 Å². The van der Waals surface area contributed by atoms with E-state index in [2.05, 4.69) is 6.08 Å². The molecule has 0 saturated carbocycles. The second-order valence-electron chi connectivity index (χ2n) is 5.94. The lowest BCUT2D eigenvalue weighted by atomic mass is 9.98. The van der Waals surface area contributed by atoms with E-state index in [-0.39, 0.29) is 6.61 Å². The minimum absolute atomic E-state index is 0.0194. The quantitative estimate of drug-likeness (QED) is 0.562. The van der Waals surface area contributed by atoms with Crippen molar-refractivity contribution in [3.8, 4) is 5.75 Å². The molecule has 0 aliphatic rings. The molecule has 4 nitrogen and oxygen atoms in total. The molecule has 1 aromatic rings. The lowest BCUT2D eigenvalue weighted by Crippen LogP contribution is -1.99. The predicted octanol–water partition coefficient (Wildman–Crippen LogP) is 3.78. The molecule has 1 rings (SSSR count). The molecule has 24 heavy (non-hydrogen) atoms. The average Bonchev–Trinajstić information content (AvgIpc) is 2.55.